The van der Waals surface area contributed by atoms with Crippen LogP contribution in [0.25, 0.3) is 11.0 Å². The van der Waals surface area contributed by atoms with Crippen molar-refractivity contribution in [3.05, 3.63) is 69.9 Å². The zero-order valence-corrected chi connectivity index (χ0v) is 13.8. The van der Waals surface area contributed by atoms with Crippen molar-refractivity contribution >= 4 is 26.9 Å². The number of aryl methyl sites for hydroxylation is 1. The molecule has 0 spiro atoms. The highest BCUT2D eigenvalue weighted by Crippen LogP contribution is 2.32. The number of nitrogens with one attached hydrogen (secondary N) is 1. The summed E-state index contributed by atoms with van der Waals surface area (Å²) >= 11 is 3.55. The summed E-state index contributed by atoms with van der Waals surface area (Å²) in [6.07, 6.45) is 1.04. The van der Waals surface area contributed by atoms with Crippen LogP contribution in [0.2, 0.25) is 0 Å². The van der Waals surface area contributed by atoms with Gasteiger partial charge in [0, 0.05) is 5.39 Å². The molecule has 1 atom stereocenters. The number of hydrogen-bond donors (Lipinski definition) is 1. The Morgan fingerprint density at radius 3 is 2.67 bits per heavy atom. The highest BCUT2D eigenvalue weighted by Gasteiger charge is 2.17. The second-order valence-corrected chi connectivity index (χ2v) is 5.98. The summed E-state index contributed by atoms with van der Waals surface area (Å²) in [5, 5.41) is 4.47. The largest absolute Gasteiger partial charge is 0.458 e. The van der Waals surface area contributed by atoms with Crippen molar-refractivity contribution in [3.63, 3.8) is 0 Å². The van der Waals surface area contributed by atoms with Gasteiger partial charge < -0.3 is 9.73 Å². The number of rotatable bonds is 4. The SMILES string of the molecule is CCc1cccc(C(NC)c2cc3cccc(Br)c3o2)c1. The molecule has 21 heavy (non-hydrogen) atoms. The van der Waals surface area contributed by atoms with Crippen LogP contribution in [0.3, 0.4) is 0 Å². The Labute approximate surface area is 133 Å². The van der Waals surface area contributed by atoms with Crippen molar-refractivity contribution in [2.75, 3.05) is 7.05 Å². The molecule has 0 amide bonds. The van der Waals surface area contributed by atoms with E-state index in [0.29, 0.717) is 0 Å². The van der Waals surface area contributed by atoms with E-state index in [9.17, 15) is 0 Å². The van der Waals surface area contributed by atoms with Gasteiger partial charge >= 0.3 is 0 Å². The third-order valence-corrected chi connectivity index (χ3v) is 4.41. The lowest BCUT2D eigenvalue weighted by Gasteiger charge is -2.15. The maximum absolute atomic E-state index is 6.07. The lowest BCUT2D eigenvalue weighted by atomic mass is 10.0. The Hall–Kier alpha value is -1.58. The summed E-state index contributed by atoms with van der Waals surface area (Å²) in [4.78, 5) is 0. The molecular weight excluding hydrogens is 326 g/mol. The van der Waals surface area contributed by atoms with E-state index in [1.807, 2.05) is 19.2 Å². The molecule has 3 rings (SSSR count). The zero-order chi connectivity index (χ0) is 14.8. The summed E-state index contributed by atoms with van der Waals surface area (Å²) in [5.74, 6) is 0.938. The molecule has 2 nitrogen and oxygen atoms in total. The highest BCUT2D eigenvalue weighted by atomic mass is 79.9. The smallest absolute Gasteiger partial charge is 0.148 e. The summed E-state index contributed by atoms with van der Waals surface area (Å²) in [6.45, 7) is 2.17. The van der Waals surface area contributed by atoms with E-state index in [1.54, 1.807) is 0 Å². The Morgan fingerprint density at radius 2 is 1.95 bits per heavy atom. The Balaban J connectivity index is 2.07. The molecule has 0 aliphatic rings. The molecule has 1 N–H and O–H groups in total. The minimum absolute atomic E-state index is 0.0656. The minimum Gasteiger partial charge on any atom is -0.458 e. The summed E-state index contributed by atoms with van der Waals surface area (Å²) in [5.41, 5.74) is 3.47. The maximum Gasteiger partial charge on any atom is 0.148 e. The van der Waals surface area contributed by atoms with Gasteiger partial charge in [-0.2, -0.15) is 0 Å². The molecule has 1 heterocycles. The van der Waals surface area contributed by atoms with Gasteiger partial charge in [-0.05, 0) is 52.7 Å². The number of hydrogen-bond acceptors (Lipinski definition) is 2. The van der Waals surface area contributed by atoms with E-state index in [1.165, 1.54) is 11.1 Å². The first-order valence-corrected chi connectivity index (χ1v) is 7.96. The number of para-hydroxylation sites is 1. The van der Waals surface area contributed by atoms with Crippen molar-refractivity contribution in [2.45, 2.75) is 19.4 Å². The standard InChI is InChI=1S/C18H18BrNO/c1-3-12-6-4-7-13(10-12)17(20-2)16-11-14-8-5-9-15(19)18(14)21-16/h4-11,17,20H,3H2,1-2H3. The van der Waals surface area contributed by atoms with Gasteiger partial charge in [0.15, 0.2) is 0 Å². The Morgan fingerprint density at radius 1 is 1.14 bits per heavy atom. The van der Waals surface area contributed by atoms with E-state index in [0.717, 1.165) is 27.6 Å². The second kappa shape index (κ2) is 6.04. The second-order valence-electron chi connectivity index (χ2n) is 5.13. The first kappa shape index (κ1) is 14.4. The molecule has 1 unspecified atom stereocenters. The number of furan rings is 1. The average Bonchev–Trinajstić information content (AvgIpc) is 2.93. The van der Waals surface area contributed by atoms with Gasteiger partial charge in [-0.3, -0.25) is 0 Å². The first-order valence-electron chi connectivity index (χ1n) is 7.17. The normalized spacial score (nSPS) is 12.7. The predicted octanol–water partition coefficient (Wildman–Crippen LogP) is 5.07. The lowest BCUT2D eigenvalue weighted by molar-refractivity contribution is 0.490. The van der Waals surface area contributed by atoms with Gasteiger partial charge in [0.05, 0.1) is 10.5 Å². The molecular formula is C18H18BrNO. The van der Waals surface area contributed by atoms with Crippen LogP contribution < -0.4 is 5.32 Å². The number of fused-ring (bicyclic) bond motifs is 1. The monoisotopic (exact) mass is 343 g/mol. The minimum atomic E-state index is 0.0656. The predicted molar refractivity (Wildman–Crippen MR) is 90.6 cm³/mol. The lowest BCUT2D eigenvalue weighted by Crippen LogP contribution is -2.17. The maximum atomic E-state index is 6.07. The molecule has 0 aliphatic heterocycles. The fraction of sp³-hybridized carbons (Fsp3) is 0.222. The van der Waals surface area contributed by atoms with Crippen molar-refractivity contribution < 1.29 is 4.42 Å². The van der Waals surface area contributed by atoms with E-state index in [4.69, 9.17) is 4.42 Å². The van der Waals surface area contributed by atoms with Gasteiger partial charge in [-0.25, -0.2) is 0 Å². The number of halogens is 1. The quantitative estimate of drug-likeness (QED) is 0.715. The fourth-order valence-electron chi connectivity index (χ4n) is 2.66. The van der Waals surface area contributed by atoms with E-state index in [-0.39, 0.29) is 6.04 Å². The van der Waals surface area contributed by atoms with Crippen molar-refractivity contribution in [3.8, 4) is 0 Å². The summed E-state index contributed by atoms with van der Waals surface area (Å²) in [6, 6.07) is 16.9. The average molecular weight is 344 g/mol. The molecule has 0 aliphatic carbocycles. The zero-order valence-electron chi connectivity index (χ0n) is 12.2. The number of benzene rings is 2. The molecule has 2 aromatic carbocycles. The van der Waals surface area contributed by atoms with Gasteiger partial charge in [0.2, 0.25) is 0 Å². The van der Waals surface area contributed by atoms with Crippen LogP contribution in [0.5, 0.6) is 0 Å². The van der Waals surface area contributed by atoms with Crippen LogP contribution in [0.4, 0.5) is 0 Å². The summed E-state index contributed by atoms with van der Waals surface area (Å²) < 4.78 is 7.06. The molecule has 0 saturated heterocycles. The van der Waals surface area contributed by atoms with Gasteiger partial charge in [0.25, 0.3) is 0 Å². The van der Waals surface area contributed by atoms with E-state index < -0.39 is 0 Å². The first-order chi connectivity index (χ1) is 10.2. The molecule has 3 aromatic rings. The fourth-order valence-corrected chi connectivity index (χ4v) is 3.12. The van der Waals surface area contributed by atoms with Gasteiger partial charge in [-0.1, -0.05) is 43.3 Å². The van der Waals surface area contributed by atoms with Crippen molar-refractivity contribution in [2.24, 2.45) is 0 Å². The van der Waals surface area contributed by atoms with Crippen molar-refractivity contribution in [1.29, 1.82) is 0 Å². The van der Waals surface area contributed by atoms with Gasteiger partial charge in [-0.15, -0.1) is 0 Å². The van der Waals surface area contributed by atoms with Crippen LogP contribution >= 0.6 is 15.9 Å². The highest BCUT2D eigenvalue weighted by molar-refractivity contribution is 9.10. The van der Waals surface area contributed by atoms with Crippen molar-refractivity contribution in [1.82, 2.24) is 5.32 Å². The molecule has 3 heteroatoms. The van der Waals surface area contributed by atoms with E-state index >= 15 is 0 Å². The Kier molecular flexibility index (Phi) is 4.13. The molecule has 0 bridgehead atoms. The third kappa shape index (κ3) is 2.76. The molecule has 0 radical (unpaired) electrons. The Bertz CT molecular complexity index is 763. The molecule has 108 valence electrons. The van der Waals surface area contributed by atoms with Crippen LogP contribution in [-0.4, -0.2) is 7.05 Å². The third-order valence-electron chi connectivity index (χ3n) is 3.78. The molecule has 0 fully saturated rings. The summed E-state index contributed by atoms with van der Waals surface area (Å²) in [7, 11) is 1.96. The van der Waals surface area contributed by atoms with Gasteiger partial charge in [0.1, 0.15) is 11.3 Å². The topological polar surface area (TPSA) is 25.2 Å². The van der Waals surface area contributed by atoms with Crippen LogP contribution in [0.1, 0.15) is 29.9 Å². The van der Waals surface area contributed by atoms with E-state index in [2.05, 4.69) is 64.6 Å². The molecule has 0 saturated carbocycles. The molecule has 1 aromatic heterocycles. The van der Waals surface area contributed by atoms with Crippen LogP contribution in [0.15, 0.2) is 57.4 Å². The van der Waals surface area contributed by atoms with Crippen LogP contribution in [0, 0.1) is 0 Å². The van der Waals surface area contributed by atoms with Crippen LogP contribution in [-0.2, 0) is 6.42 Å².